The topological polar surface area (TPSA) is 38.0 Å². The van der Waals surface area contributed by atoms with Crippen LogP contribution in [0.1, 0.15) is 28.9 Å². The van der Waals surface area contributed by atoms with Gasteiger partial charge in [0.2, 0.25) is 0 Å². The highest BCUT2D eigenvalue weighted by Gasteiger charge is 2.39. The third-order valence-electron chi connectivity index (χ3n) is 4.13. The van der Waals surface area contributed by atoms with Gasteiger partial charge in [0, 0.05) is 13.5 Å². The maximum atomic E-state index is 13.8. The standard InChI is InChI=1S/C15H16BrFN2O/c1-9-14(16)13(19(2)18-9)8-15(20)7-6-10-11(15)4-3-5-12(10)17/h3-5,20H,6-8H2,1-2H3. The second-order valence-corrected chi connectivity index (χ2v) is 6.24. The molecule has 1 aliphatic rings. The van der Waals surface area contributed by atoms with Crippen molar-refractivity contribution in [3.05, 3.63) is 51.0 Å². The highest BCUT2D eigenvalue weighted by molar-refractivity contribution is 9.10. The summed E-state index contributed by atoms with van der Waals surface area (Å²) in [4.78, 5) is 0. The number of hydrogen-bond acceptors (Lipinski definition) is 2. The zero-order chi connectivity index (χ0) is 14.5. The molecule has 0 saturated heterocycles. The maximum absolute atomic E-state index is 13.8. The number of aliphatic hydroxyl groups is 1. The number of halogens is 2. The summed E-state index contributed by atoms with van der Waals surface area (Å²) in [5.41, 5.74) is 2.17. The monoisotopic (exact) mass is 338 g/mol. The van der Waals surface area contributed by atoms with E-state index < -0.39 is 5.60 Å². The Kier molecular flexibility index (Phi) is 3.21. The number of benzene rings is 1. The van der Waals surface area contributed by atoms with Crippen LogP contribution >= 0.6 is 15.9 Å². The predicted octanol–water partition coefficient (Wildman–Crippen LogP) is 3.01. The molecule has 0 fully saturated rings. The van der Waals surface area contributed by atoms with E-state index in [0.29, 0.717) is 30.4 Å². The van der Waals surface area contributed by atoms with Crippen LogP contribution in [-0.2, 0) is 25.5 Å². The molecule has 5 heteroatoms. The highest BCUT2D eigenvalue weighted by atomic mass is 79.9. The zero-order valence-electron chi connectivity index (χ0n) is 11.5. The fourth-order valence-electron chi connectivity index (χ4n) is 3.05. The first-order chi connectivity index (χ1) is 9.42. The molecular weight excluding hydrogens is 323 g/mol. The molecule has 0 bridgehead atoms. The van der Waals surface area contributed by atoms with Crippen molar-refractivity contribution < 1.29 is 9.50 Å². The maximum Gasteiger partial charge on any atom is 0.126 e. The fraction of sp³-hybridized carbons (Fsp3) is 0.400. The summed E-state index contributed by atoms with van der Waals surface area (Å²) in [7, 11) is 1.86. The third kappa shape index (κ3) is 2.00. The van der Waals surface area contributed by atoms with Crippen LogP contribution in [0.3, 0.4) is 0 Å². The summed E-state index contributed by atoms with van der Waals surface area (Å²) in [6, 6.07) is 4.94. The third-order valence-corrected chi connectivity index (χ3v) is 5.16. The van der Waals surface area contributed by atoms with Gasteiger partial charge in [0.1, 0.15) is 5.82 Å². The van der Waals surface area contributed by atoms with E-state index in [9.17, 15) is 9.50 Å². The molecule has 1 N–H and O–H groups in total. The van der Waals surface area contributed by atoms with E-state index in [1.165, 1.54) is 6.07 Å². The molecular formula is C15H16BrFN2O. The molecule has 0 saturated carbocycles. The van der Waals surface area contributed by atoms with Gasteiger partial charge < -0.3 is 5.11 Å². The number of nitrogens with zero attached hydrogens (tertiary/aromatic N) is 2. The first kappa shape index (κ1) is 13.8. The van der Waals surface area contributed by atoms with Crippen LogP contribution < -0.4 is 0 Å². The Morgan fingerprint density at radius 3 is 2.90 bits per heavy atom. The van der Waals surface area contributed by atoms with Gasteiger partial charge in [-0.3, -0.25) is 4.68 Å². The Labute approximate surface area is 125 Å². The minimum atomic E-state index is -1.01. The van der Waals surface area contributed by atoms with Crippen molar-refractivity contribution in [2.75, 3.05) is 0 Å². The minimum absolute atomic E-state index is 0.223. The predicted molar refractivity (Wildman–Crippen MR) is 78.0 cm³/mol. The summed E-state index contributed by atoms with van der Waals surface area (Å²) in [6.07, 6.45) is 1.55. The molecule has 0 aliphatic heterocycles. The van der Waals surface area contributed by atoms with Gasteiger partial charge in [0.25, 0.3) is 0 Å². The number of aromatic nitrogens is 2. The lowest BCUT2D eigenvalue weighted by Crippen LogP contribution is -2.26. The Bertz CT molecular complexity index is 683. The molecule has 1 atom stereocenters. The van der Waals surface area contributed by atoms with E-state index >= 15 is 0 Å². The average Bonchev–Trinajstić information content (AvgIpc) is 2.85. The van der Waals surface area contributed by atoms with Gasteiger partial charge in [-0.05, 0) is 52.9 Å². The van der Waals surface area contributed by atoms with Gasteiger partial charge in [-0.2, -0.15) is 5.10 Å². The van der Waals surface area contributed by atoms with Crippen molar-refractivity contribution in [2.24, 2.45) is 7.05 Å². The molecule has 0 amide bonds. The Morgan fingerprint density at radius 2 is 2.25 bits per heavy atom. The molecule has 3 nitrogen and oxygen atoms in total. The quantitative estimate of drug-likeness (QED) is 0.913. The fourth-order valence-corrected chi connectivity index (χ4v) is 3.52. The molecule has 1 unspecified atom stereocenters. The van der Waals surface area contributed by atoms with E-state index in [1.54, 1.807) is 10.7 Å². The molecule has 1 aromatic heterocycles. The number of hydrogen-bond donors (Lipinski definition) is 1. The number of rotatable bonds is 2. The molecule has 3 rings (SSSR count). The lowest BCUT2D eigenvalue weighted by molar-refractivity contribution is 0.0369. The van der Waals surface area contributed by atoms with Gasteiger partial charge in [0.05, 0.1) is 21.5 Å². The van der Waals surface area contributed by atoms with Crippen molar-refractivity contribution in [2.45, 2.75) is 31.8 Å². The lowest BCUT2D eigenvalue weighted by Gasteiger charge is -2.24. The van der Waals surface area contributed by atoms with Gasteiger partial charge in [-0.25, -0.2) is 4.39 Å². The van der Waals surface area contributed by atoms with Crippen LogP contribution in [0.5, 0.6) is 0 Å². The second-order valence-electron chi connectivity index (χ2n) is 5.44. The van der Waals surface area contributed by atoms with Crippen LogP contribution in [0.4, 0.5) is 4.39 Å². The van der Waals surface area contributed by atoms with Crippen molar-refractivity contribution >= 4 is 15.9 Å². The van der Waals surface area contributed by atoms with Crippen molar-refractivity contribution in [1.29, 1.82) is 0 Å². The average molecular weight is 339 g/mol. The molecule has 20 heavy (non-hydrogen) atoms. The van der Waals surface area contributed by atoms with Gasteiger partial charge in [-0.1, -0.05) is 12.1 Å². The highest BCUT2D eigenvalue weighted by Crippen LogP contribution is 2.41. The van der Waals surface area contributed by atoms with Gasteiger partial charge in [0.15, 0.2) is 0 Å². The second kappa shape index (κ2) is 4.67. The smallest absolute Gasteiger partial charge is 0.126 e. The normalized spacial score (nSPS) is 21.2. The molecule has 0 spiro atoms. The first-order valence-corrected chi connectivity index (χ1v) is 7.40. The minimum Gasteiger partial charge on any atom is -0.385 e. The summed E-state index contributed by atoms with van der Waals surface area (Å²) in [5, 5.41) is 15.3. The van der Waals surface area contributed by atoms with E-state index in [4.69, 9.17) is 0 Å². The Morgan fingerprint density at radius 1 is 1.50 bits per heavy atom. The SMILES string of the molecule is Cc1nn(C)c(CC2(O)CCc3c(F)cccc32)c1Br. The van der Waals surface area contributed by atoms with Crippen LogP contribution in [0.25, 0.3) is 0 Å². The Balaban J connectivity index is 2.02. The van der Waals surface area contributed by atoms with Crippen molar-refractivity contribution in [3.63, 3.8) is 0 Å². The van der Waals surface area contributed by atoms with Crippen molar-refractivity contribution in [1.82, 2.24) is 9.78 Å². The lowest BCUT2D eigenvalue weighted by atomic mass is 9.90. The molecule has 106 valence electrons. The molecule has 1 aromatic carbocycles. The van der Waals surface area contributed by atoms with Crippen LogP contribution in [0.15, 0.2) is 22.7 Å². The largest absolute Gasteiger partial charge is 0.385 e. The summed E-state index contributed by atoms with van der Waals surface area (Å²) in [6.45, 7) is 1.92. The Hall–Kier alpha value is -1.20. The molecule has 1 heterocycles. The summed E-state index contributed by atoms with van der Waals surface area (Å²) in [5.74, 6) is -0.223. The summed E-state index contributed by atoms with van der Waals surface area (Å²) >= 11 is 3.52. The molecule has 1 aliphatic carbocycles. The van der Waals surface area contributed by atoms with Gasteiger partial charge >= 0.3 is 0 Å². The van der Waals surface area contributed by atoms with Crippen LogP contribution in [-0.4, -0.2) is 14.9 Å². The van der Waals surface area contributed by atoms with Crippen LogP contribution in [0.2, 0.25) is 0 Å². The molecule has 2 aromatic rings. The number of fused-ring (bicyclic) bond motifs is 1. The van der Waals surface area contributed by atoms with Gasteiger partial charge in [-0.15, -0.1) is 0 Å². The van der Waals surface area contributed by atoms with E-state index in [2.05, 4.69) is 21.0 Å². The molecule has 0 radical (unpaired) electrons. The first-order valence-electron chi connectivity index (χ1n) is 6.60. The summed E-state index contributed by atoms with van der Waals surface area (Å²) < 4.78 is 16.5. The van der Waals surface area contributed by atoms with E-state index in [-0.39, 0.29) is 5.82 Å². The van der Waals surface area contributed by atoms with E-state index in [1.807, 2.05) is 20.0 Å². The van der Waals surface area contributed by atoms with Crippen LogP contribution in [0, 0.1) is 12.7 Å². The zero-order valence-corrected chi connectivity index (χ0v) is 13.0. The van der Waals surface area contributed by atoms with Crippen molar-refractivity contribution in [3.8, 4) is 0 Å². The van der Waals surface area contributed by atoms with E-state index in [0.717, 1.165) is 15.9 Å². The number of aryl methyl sites for hydroxylation is 2.